The fourth-order valence-electron chi connectivity index (χ4n) is 1.77. The van der Waals surface area contributed by atoms with Crippen LogP contribution in [0.2, 0.25) is 0 Å². The Kier molecular flexibility index (Phi) is 4.68. The molecule has 1 heterocycles. The molecule has 0 aliphatic rings. The van der Waals surface area contributed by atoms with Gasteiger partial charge in [-0.1, -0.05) is 44.1 Å². The van der Waals surface area contributed by atoms with Crippen molar-refractivity contribution in [2.75, 3.05) is 7.11 Å². The Bertz CT molecular complexity index is 728. The SMILES string of the molecule is COC=C(C(=O)O)c1ccccc1Oc1nnc(C(C)(C)C)o1. The number of ether oxygens (including phenoxy) is 2. The zero-order valence-electron chi connectivity index (χ0n) is 13.4. The van der Waals surface area contributed by atoms with E-state index in [1.807, 2.05) is 20.8 Å². The maximum absolute atomic E-state index is 11.4. The van der Waals surface area contributed by atoms with Gasteiger partial charge in [-0.05, 0) is 6.07 Å². The smallest absolute Gasteiger partial charge is 0.420 e. The molecule has 1 N–H and O–H groups in total. The highest BCUT2D eigenvalue weighted by Crippen LogP contribution is 2.31. The fourth-order valence-corrected chi connectivity index (χ4v) is 1.77. The van der Waals surface area contributed by atoms with Gasteiger partial charge >= 0.3 is 12.0 Å². The topological polar surface area (TPSA) is 94.7 Å². The third-order valence-electron chi connectivity index (χ3n) is 2.89. The predicted octanol–water partition coefficient (Wildman–Crippen LogP) is 3.23. The summed E-state index contributed by atoms with van der Waals surface area (Å²) in [5, 5.41) is 17.1. The first-order valence-electron chi connectivity index (χ1n) is 6.90. The van der Waals surface area contributed by atoms with E-state index in [1.54, 1.807) is 24.3 Å². The number of para-hydroxylation sites is 1. The Balaban J connectivity index is 2.36. The molecule has 0 saturated heterocycles. The zero-order valence-corrected chi connectivity index (χ0v) is 13.4. The van der Waals surface area contributed by atoms with Crippen LogP contribution in [-0.2, 0) is 14.9 Å². The molecule has 0 aliphatic carbocycles. The van der Waals surface area contributed by atoms with Gasteiger partial charge in [0.25, 0.3) is 0 Å². The number of rotatable bonds is 5. The first kappa shape index (κ1) is 16.5. The van der Waals surface area contributed by atoms with Gasteiger partial charge in [0.1, 0.15) is 11.3 Å². The lowest BCUT2D eigenvalue weighted by atomic mass is 9.97. The summed E-state index contributed by atoms with van der Waals surface area (Å²) >= 11 is 0. The maximum Gasteiger partial charge on any atom is 0.420 e. The van der Waals surface area contributed by atoms with E-state index < -0.39 is 5.97 Å². The molecule has 0 unspecified atom stereocenters. The number of nitrogens with zero attached hydrogens (tertiary/aromatic N) is 2. The average molecular weight is 318 g/mol. The number of hydrogen-bond donors (Lipinski definition) is 1. The molecule has 7 nitrogen and oxygen atoms in total. The van der Waals surface area contributed by atoms with Gasteiger partial charge in [0.15, 0.2) is 0 Å². The minimum absolute atomic E-state index is 0.0429. The Morgan fingerprint density at radius 1 is 1.26 bits per heavy atom. The molecule has 0 atom stereocenters. The van der Waals surface area contributed by atoms with Gasteiger partial charge in [-0.2, -0.15) is 0 Å². The third kappa shape index (κ3) is 3.88. The van der Waals surface area contributed by atoms with E-state index in [9.17, 15) is 9.90 Å². The molecule has 2 rings (SSSR count). The van der Waals surface area contributed by atoms with E-state index in [0.29, 0.717) is 11.5 Å². The summed E-state index contributed by atoms with van der Waals surface area (Å²) in [7, 11) is 1.38. The molecule has 0 bridgehead atoms. The van der Waals surface area contributed by atoms with Crippen LogP contribution in [-0.4, -0.2) is 28.4 Å². The van der Waals surface area contributed by atoms with Gasteiger partial charge in [-0.15, -0.1) is 5.10 Å². The van der Waals surface area contributed by atoms with Crippen molar-refractivity contribution in [3.63, 3.8) is 0 Å². The highest BCUT2D eigenvalue weighted by molar-refractivity contribution is 6.15. The summed E-state index contributed by atoms with van der Waals surface area (Å²) in [5.41, 5.74) is -0.00735. The normalized spacial score (nSPS) is 12.1. The van der Waals surface area contributed by atoms with Crippen molar-refractivity contribution in [3.8, 4) is 11.8 Å². The summed E-state index contributed by atoms with van der Waals surface area (Å²) < 4.78 is 15.9. The second kappa shape index (κ2) is 6.51. The van der Waals surface area contributed by atoms with E-state index in [0.717, 1.165) is 6.26 Å². The lowest BCUT2D eigenvalue weighted by Crippen LogP contribution is -2.11. The van der Waals surface area contributed by atoms with E-state index in [2.05, 4.69) is 10.2 Å². The molecular weight excluding hydrogens is 300 g/mol. The van der Waals surface area contributed by atoms with Crippen LogP contribution >= 0.6 is 0 Å². The van der Waals surface area contributed by atoms with Gasteiger partial charge < -0.3 is 19.0 Å². The summed E-state index contributed by atoms with van der Waals surface area (Å²) in [6.07, 6.45) is 1.09. The molecule has 1 aromatic carbocycles. The molecule has 23 heavy (non-hydrogen) atoms. The van der Waals surface area contributed by atoms with Gasteiger partial charge in [0.2, 0.25) is 5.89 Å². The highest BCUT2D eigenvalue weighted by atomic mass is 16.6. The Labute approximate surface area is 133 Å². The lowest BCUT2D eigenvalue weighted by molar-refractivity contribution is -0.130. The van der Waals surface area contributed by atoms with Gasteiger partial charge in [-0.25, -0.2) is 4.79 Å². The first-order chi connectivity index (χ1) is 10.8. The minimum Gasteiger partial charge on any atom is -0.503 e. The van der Waals surface area contributed by atoms with Crippen LogP contribution in [0.25, 0.3) is 5.57 Å². The molecule has 122 valence electrons. The van der Waals surface area contributed by atoms with Crippen molar-refractivity contribution >= 4 is 11.5 Å². The molecule has 0 radical (unpaired) electrons. The second-order valence-electron chi connectivity index (χ2n) is 5.79. The molecule has 7 heteroatoms. The predicted molar refractivity (Wildman–Crippen MR) is 82.1 cm³/mol. The summed E-state index contributed by atoms with van der Waals surface area (Å²) in [6, 6.07) is 6.63. The van der Waals surface area contributed by atoms with Crippen molar-refractivity contribution in [3.05, 3.63) is 42.0 Å². The van der Waals surface area contributed by atoms with Crippen LogP contribution in [0.15, 0.2) is 34.9 Å². The number of benzene rings is 1. The van der Waals surface area contributed by atoms with E-state index in [-0.39, 0.29) is 22.8 Å². The van der Waals surface area contributed by atoms with Crippen molar-refractivity contribution in [2.45, 2.75) is 26.2 Å². The Hall–Kier alpha value is -2.83. The monoisotopic (exact) mass is 318 g/mol. The number of carboxylic acid groups (broad SMARTS) is 1. The standard InChI is InChI=1S/C16H18N2O5/c1-16(2,3)14-17-18-15(23-14)22-12-8-6-5-7-10(12)11(9-21-4)13(19)20/h5-9H,1-4H3,(H,19,20). The summed E-state index contributed by atoms with van der Waals surface area (Å²) in [5.74, 6) is -0.429. The quantitative estimate of drug-likeness (QED) is 0.668. The van der Waals surface area contributed by atoms with E-state index in [1.165, 1.54) is 7.11 Å². The van der Waals surface area contributed by atoms with Crippen molar-refractivity contribution in [1.82, 2.24) is 10.2 Å². The van der Waals surface area contributed by atoms with Gasteiger partial charge in [0, 0.05) is 11.0 Å². The molecule has 0 amide bonds. The average Bonchev–Trinajstić information content (AvgIpc) is 2.94. The number of methoxy groups -OCH3 is 1. The zero-order chi connectivity index (χ0) is 17.0. The third-order valence-corrected chi connectivity index (χ3v) is 2.89. The highest BCUT2D eigenvalue weighted by Gasteiger charge is 2.23. The van der Waals surface area contributed by atoms with Gasteiger partial charge in [-0.3, -0.25) is 0 Å². The summed E-state index contributed by atoms with van der Waals surface area (Å²) in [6.45, 7) is 5.80. The first-order valence-corrected chi connectivity index (χ1v) is 6.90. The lowest BCUT2D eigenvalue weighted by Gasteiger charge is -2.11. The van der Waals surface area contributed by atoms with Gasteiger partial charge in [0.05, 0.1) is 13.4 Å². The fraction of sp³-hybridized carbons (Fsp3) is 0.312. The van der Waals surface area contributed by atoms with Crippen LogP contribution in [0.1, 0.15) is 32.2 Å². The van der Waals surface area contributed by atoms with Crippen LogP contribution in [0.4, 0.5) is 0 Å². The number of hydrogen-bond acceptors (Lipinski definition) is 6. The molecule has 1 aromatic heterocycles. The number of aliphatic carboxylic acids is 1. The molecule has 0 spiro atoms. The minimum atomic E-state index is -1.14. The van der Waals surface area contributed by atoms with E-state index >= 15 is 0 Å². The molecule has 0 aliphatic heterocycles. The number of carboxylic acids is 1. The molecular formula is C16H18N2O5. The van der Waals surface area contributed by atoms with E-state index in [4.69, 9.17) is 13.9 Å². The Morgan fingerprint density at radius 3 is 2.52 bits per heavy atom. The number of carbonyl (C=O) groups is 1. The van der Waals surface area contributed by atoms with Crippen LogP contribution in [0.5, 0.6) is 11.8 Å². The van der Waals surface area contributed by atoms with Crippen LogP contribution < -0.4 is 4.74 Å². The van der Waals surface area contributed by atoms with Crippen molar-refractivity contribution in [1.29, 1.82) is 0 Å². The van der Waals surface area contributed by atoms with Crippen LogP contribution in [0, 0.1) is 0 Å². The Morgan fingerprint density at radius 2 is 1.96 bits per heavy atom. The molecule has 0 fully saturated rings. The van der Waals surface area contributed by atoms with Crippen molar-refractivity contribution < 1.29 is 23.8 Å². The maximum atomic E-state index is 11.4. The molecule has 2 aromatic rings. The second-order valence-corrected chi connectivity index (χ2v) is 5.79. The van der Waals surface area contributed by atoms with Crippen LogP contribution in [0.3, 0.4) is 0 Å². The molecule has 0 saturated carbocycles. The summed E-state index contributed by atoms with van der Waals surface area (Å²) in [4.78, 5) is 11.4. The largest absolute Gasteiger partial charge is 0.503 e. The number of aromatic nitrogens is 2. The van der Waals surface area contributed by atoms with Crippen molar-refractivity contribution in [2.24, 2.45) is 0 Å².